The molecule has 66 valence electrons. The van der Waals surface area contributed by atoms with Gasteiger partial charge in [0.05, 0.1) is 19.8 Å². The molecular formula is C5H10O6. The van der Waals surface area contributed by atoms with Crippen LogP contribution in [0, 0.1) is 0 Å². The number of aliphatic hydroxyl groups excluding tert-OH is 2. The summed E-state index contributed by atoms with van der Waals surface area (Å²) in [6, 6.07) is 0. The molecule has 0 atom stereocenters. The first-order valence-corrected chi connectivity index (χ1v) is 3.04. The Bertz CT molecular complexity index is 140. The van der Waals surface area contributed by atoms with Gasteiger partial charge in [-0.15, -0.1) is 0 Å². The summed E-state index contributed by atoms with van der Waals surface area (Å²) in [6.45, 7) is -1.33. The Morgan fingerprint density at radius 3 is 1.91 bits per heavy atom. The Morgan fingerprint density at radius 2 is 1.73 bits per heavy atom. The van der Waals surface area contributed by atoms with E-state index in [1.807, 2.05) is 0 Å². The van der Waals surface area contributed by atoms with Gasteiger partial charge >= 0.3 is 6.16 Å². The lowest BCUT2D eigenvalue weighted by Crippen LogP contribution is -2.43. The number of hydrogen-bond acceptors (Lipinski definition) is 6. The van der Waals surface area contributed by atoms with Gasteiger partial charge in [-0.3, -0.25) is 4.74 Å². The normalized spacial score (nSPS) is 27.3. The molecule has 0 saturated carbocycles. The molecule has 0 aromatic rings. The summed E-state index contributed by atoms with van der Waals surface area (Å²) < 4.78 is 8.73. The molecule has 1 saturated heterocycles. The fraction of sp³-hybridized carbons (Fsp3) is 1.00. The lowest BCUT2D eigenvalue weighted by molar-refractivity contribution is -0.442. The zero-order valence-electron chi connectivity index (χ0n) is 5.73. The maximum absolute atomic E-state index is 8.68. The molecule has 0 radical (unpaired) electrons. The Morgan fingerprint density at radius 1 is 1.18 bits per heavy atom. The van der Waals surface area contributed by atoms with Crippen LogP contribution in [0.3, 0.4) is 0 Å². The van der Waals surface area contributed by atoms with Crippen molar-refractivity contribution >= 4 is 0 Å². The second kappa shape index (κ2) is 2.67. The Kier molecular flexibility index (Phi) is 2.15. The predicted octanol–water partition coefficient (Wildman–Crippen LogP) is -2.65. The smallest absolute Gasteiger partial charge is 0.393 e. The maximum atomic E-state index is 8.68. The Labute approximate surface area is 62.6 Å². The van der Waals surface area contributed by atoms with Gasteiger partial charge in [-0.25, -0.2) is 0 Å². The van der Waals surface area contributed by atoms with E-state index in [0.717, 1.165) is 0 Å². The highest BCUT2D eigenvalue weighted by molar-refractivity contribution is 4.83. The van der Waals surface area contributed by atoms with Crippen LogP contribution in [0.25, 0.3) is 0 Å². The van der Waals surface area contributed by atoms with Gasteiger partial charge < -0.3 is 25.2 Å². The van der Waals surface area contributed by atoms with E-state index in [2.05, 4.69) is 9.47 Å². The van der Waals surface area contributed by atoms with E-state index in [1.165, 1.54) is 0 Å². The summed E-state index contributed by atoms with van der Waals surface area (Å²) in [5.74, 6) is 0. The van der Waals surface area contributed by atoms with Crippen molar-refractivity contribution < 1.29 is 29.9 Å². The van der Waals surface area contributed by atoms with Gasteiger partial charge in [0, 0.05) is 0 Å². The van der Waals surface area contributed by atoms with Crippen LogP contribution in [0.1, 0.15) is 0 Å². The highest BCUT2D eigenvalue weighted by Gasteiger charge is 2.48. The second-order valence-corrected chi connectivity index (χ2v) is 2.44. The van der Waals surface area contributed by atoms with Crippen molar-refractivity contribution in [3.63, 3.8) is 0 Å². The van der Waals surface area contributed by atoms with E-state index in [9.17, 15) is 0 Å². The zero-order chi connectivity index (χ0) is 8.54. The van der Waals surface area contributed by atoms with Gasteiger partial charge in [0.1, 0.15) is 5.60 Å². The third kappa shape index (κ3) is 1.67. The van der Waals surface area contributed by atoms with Crippen molar-refractivity contribution in [1.29, 1.82) is 0 Å². The van der Waals surface area contributed by atoms with Crippen LogP contribution in [0.4, 0.5) is 0 Å². The number of rotatable bonds is 2. The molecule has 4 N–H and O–H groups in total. The number of aliphatic hydroxyl groups is 4. The quantitative estimate of drug-likeness (QED) is 0.334. The average molecular weight is 166 g/mol. The van der Waals surface area contributed by atoms with Crippen LogP contribution in [0.2, 0.25) is 0 Å². The first-order valence-electron chi connectivity index (χ1n) is 3.04. The summed E-state index contributed by atoms with van der Waals surface area (Å²) in [5.41, 5.74) is -1.40. The Hall–Kier alpha value is -0.240. The third-order valence-corrected chi connectivity index (χ3v) is 1.45. The van der Waals surface area contributed by atoms with E-state index in [-0.39, 0.29) is 6.61 Å². The SMILES string of the molecule is OCC1(CO)COC(O)(O)O1. The van der Waals surface area contributed by atoms with E-state index in [1.54, 1.807) is 0 Å². The van der Waals surface area contributed by atoms with Crippen LogP contribution >= 0.6 is 0 Å². The fourth-order valence-corrected chi connectivity index (χ4v) is 0.772. The minimum Gasteiger partial charge on any atom is -0.393 e. The second-order valence-electron chi connectivity index (χ2n) is 2.44. The van der Waals surface area contributed by atoms with Crippen molar-refractivity contribution in [2.24, 2.45) is 0 Å². The van der Waals surface area contributed by atoms with Gasteiger partial charge in [0.15, 0.2) is 0 Å². The fourth-order valence-electron chi connectivity index (χ4n) is 0.772. The van der Waals surface area contributed by atoms with Crippen LogP contribution in [-0.4, -0.2) is 52.0 Å². The molecule has 0 aromatic carbocycles. The molecule has 0 spiro atoms. The first kappa shape index (κ1) is 8.85. The molecular weight excluding hydrogens is 156 g/mol. The summed E-state index contributed by atoms with van der Waals surface area (Å²) >= 11 is 0. The minimum absolute atomic E-state index is 0.257. The van der Waals surface area contributed by atoms with Crippen molar-refractivity contribution in [2.75, 3.05) is 19.8 Å². The minimum atomic E-state index is -2.69. The lowest BCUT2D eigenvalue weighted by Gasteiger charge is -2.21. The molecule has 0 aliphatic carbocycles. The largest absolute Gasteiger partial charge is 0.408 e. The lowest BCUT2D eigenvalue weighted by atomic mass is 10.1. The molecule has 6 heteroatoms. The van der Waals surface area contributed by atoms with Gasteiger partial charge in [0.2, 0.25) is 0 Å². The van der Waals surface area contributed by atoms with Gasteiger partial charge in [-0.05, 0) is 0 Å². The van der Waals surface area contributed by atoms with Gasteiger partial charge in [-0.2, -0.15) is 0 Å². The Balaban J connectivity index is 2.62. The van der Waals surface area contributed by atoms with Crippen LogP contribution in [-0.2, 0) is 9.47 Å². The summed E-state index contributed by atoms with van der Waals surface area (Å²) in [5, 5.41) is 34.7. The van der Waals surface area contributed by atoms with Crippen LogP contribution in [0.15, 0.2) is 0 Å². The molecule has 0 unspecified atom stereocenters. The van der Waals surface area contributed by atoms with Crippen LogP contribution in [0.5, 0.6) is 0 Å². The number of hydrogen-bond donors (Lipinski definition) is 4. The molecule has 0 aromatic heterocycles. The topological polar surface area (TPSA) is 99.4 Å². The zero-order valence-corrected chi connectivity index (χ0v) is 5.73. The monoisotopic (exact) mass is 166 g/mol. The highest BCUT2D eigenvalue weighted by atomic mass is 17.0. The van der Waals surface area contributed by atoms with E-state index >= 15 is 0 Å². The molecule has 1 fully saturated rings. The molecule has 0 amide bonds. The number of ether oxygens (including phenoxy) is 2. The van der Waals surface area contributed by atoms with Crippen molar-refractivity contribution in [1.82, 2.24) is 0 Å². The first-order chi connectivity index (χ1) is 5.04. The van der Waals surface area contributed by atoms with E-state index in [0.29, 0.717) is 0 Å². The van der Waals surface area contributed by atoms with Crippen molar-refractivity contribution in [3.8, 4) is 0 Å². The molecule has 1 aliphatic rings. The van der Waals surface area contributed by atoms with Gasteiger partial charge in [-0.1, -0.05) is 0 Å². The standard InChI is InChI=1S/C5H10O6/c6-1-4(2-7)3-10-5(8,9)11-4/h6-9H,1-3H2. The molecule has 11 heavy (non-hydrogen) atoms. The van der Waals surface area contributed by atoms with Crippen molar-refractivity contribution in [3.05, 3.63) is 0 Å². The summed E-state index contributed by atoms with van der Waals surface area (Å²) in [6.07, 6.45) is -2.69. The third-order valence-electron chi connectivity index (χ3n) is 1.45. The average Bonchev–Trinajstić information content (AvgIpc) is 2.28. The predicted molar refractivity (Wildman–Crippen MR) is 31.1 cm³/mol. The molecule has 1 heterocycles. The summed E-state index contributed by atoms with van der Waals surface area (Å²) in [7, 11) is 0. The van der Waals surface area contributed by atoms with Crippen LogP contribution < -0.4 is 0 Å². The van der Waals surface area contributed by atoms with Gasteiger partial charge in [0.25, 0.3) is 0 Å². The highest BCUT2D eigenvalue weighted by Crippen LogP contribution is 2.26. The summed E-state index contributed by atoms with van der Waals surface area (Å²) in [4.78, 5) is 0. The van der Waals surface area contributed by atoms with E-state index < -0.39 is 25.0 Å². The molecule has 1 rings (SSSR count). The molecule has 6 nitrogen and oxygen atoms in total. The molecule has 1 aliphatic heterocycles. The maximum Gasteiger partial charge on any atom is 0.408 e. The van der Waals surface area contributed by atoms with E-state index in [4.69, 9.17) is 20.4 Å². The molecule has 0 bridgehead atoms. The van der Waals surface area contributed by atoms with Crippen molar-refractivity contribution in [2.45, 2.75) is 11.8 Å².